The topological polar surface area (TPSA) is 28.2 Å². The third-order valence-corrected chi connectivity index (χ3v) is 4.87. The molecule has 5 heteroatoms. The van der Waals surface area contributed by atoms with Crippen LogP contribution in [0.4, 0.5) is 0 Å². The first-order valence-electron chi connectivity index (χ1n) is 7.36. The highest BCUT2D eigenvalue weighted by atomic mass is 32.2. The number of nitrogens with zero attached hydrogens (tertiary/aromatic N) is 2. The van der Waals surface area contributed by atoms with Gasteiger partial charge in [-0.3, -0.25) is 4.90 Å². The Labute approximate surface area is 132 Å². The summed E-state index contributed by atoms with van der Waals surface area (Å²) in [6.45, 7) is 9.66. The van der Waals surface area contributed by atoms with Crippen LogP contribution in [0.15, 0.2) is 5.38 Å². The van der Waals surface area contributed by atoms with Crippen LogP contribution in [0.25, 0.3) is 0 Å². The van der Waals surface area contributed by atoms with Crippen LogP contribution in [0, 0.1) is 5.92 Å². The number of thioether (sulfide) groups is 1. The van der Waals surface area contributed by atoms with Gasteiger partial charge in [0, 0.05) is 24.5 Å². The Bertz CT molecular complexity index is 366. The Balaban J connectivity index is 2.35. The lowest BCUT2D eigenvalue weighted by atomic mass is 10.2. The number of thiazole rings is 1. The summed E-state index contributed by atoms with van der Waals surface area (Å²) in [5, 5.41) is 6.85. The van der Waals surface area contributed by atoms with Crippen molar-refractivity contribution in [3.63, 3.8) is 0 Å². The molecule has 1 atom stereocenters. The van der Waals surface area contributed by atoms with Crippen molar-refractivity contribution in [3.8, 4) is 0 Å². The predicted molar refractivity (Wildman–Crippen MR) is 92.6 cm³/mol. The summed E-state index contributed by atoms with van der Waals surface area (Å²) in [6, 6.07) is 0.617. The maximum atomic E-state index is 4.72. The van der Waals surface area contributed by atoms with Crippen LogP contribution in [-0.4, -0.2) is 41.5 Å². The van der Waals surface area contributed by atoms with Gasteiger partial charge in [0.1, 0.15) is 5.01 Å². The highest BCUT2D eigenvalue weighted by molar-refractivity contribution is 7.98. The van der Waals surface area contributed by atoms with Crippen molar-refractivity contribution >= 4 is 23.1 Å². The largest absolute Gasteiger partial charge is 0.310 e. The van der Waals surface area contributed by atoms with E-state index in [1.165, 1.54) is 22.9 Å². The summed E-state index contributed by atoms with van der Waals surface area (Å²) in [5.74, 6) is 1.92. The van der Waals surface area contributed by atoms with Crippen LogP contribution < -0.4 is 5.32 Å². The van der Waals surface area contributed by atoms with Gasteiger partial charge in [0.2, 0.25) is 0 Å². The zero-order chi connectivity index (χ0) is 15.0. The summed E-state index contributed by atoms with van der Waals surface area (Å²) >= 11 is 3.69. The third kappa shape index (κ3) is 7.07. The molecule has 0 spiro atoms. The molecule has 116 valence electrons. The Morgan fingerprint density at radius 1 is 1.40 bits per heavy atom. The molecule has 0 amide bonds. The van der Waals surface area contributed by atoms with E-state index in [-0.39, 0.29) is 0 Å². The van der Waals surface area contributed by atoms with Gasteiger partial charge in [-0.05, 0) is 44.9 Å². The molecule has 20 heavy (non-hydrogen) atoms. The number of hydrogen-bond donors (Lipinski definition) is 1. The van der Waals surface area contributed by atoms with E-state index in [2.05, 4.69) is 49.7 Å². The van der Waals surface area contributed by atoms with Crippen LogP contribution in [0.3, 0.4) is 0 Å². The van der Waals surface area contributed by atoms with E-state index in [9.17, 15) is 0 Å². The average molecular weight is 316 g/mol. The normalized spacial score (nSPS) is 13.3. The second-order valence-corrected chi connectivity index (χ2v) is 7.73. The van der Waals surface area contributed by atoms with Crippen molar-refractivity contribution in [3.05, 3.63) is 16.1 Å². The molecule has 1 aromatic heterocycles. The van der Waals surface area contributed by atoms with Gasteiger partial charge in [-0.2, -0.15) is 11.8 Å². The fourth-order valence-corrected chi connectivity index (χ4v) is 3.22. The summed E-state index contributed by atoms with van der Waals surface area (Å²) in [7, 11) is 2.20. The number of hydrogen-bond acceptors (Lipinski definition) is 5. The molecule has 0 aliphatic heterocycles. The Kier molecular flexibility index (Phi) is 8.77. The second-order valence-electron chi connectivity index (χ2n) is 5.80. The van der Waals surface area contributed by atoms with Crippen LogP contribution in [0.5, 0.6) is 0 Å². The van der Waals surface area contributed by atoms with Crippen molar-refractivity contribution in [2.45, 2.75) is 46.3 Å². The molecular formula is C15H29N3S2. The fourth-order valence-electron chi connectivity index (χ4n) is 1.89. The summed E-state index contributed by atoms with van der Waals surface area (Å²) < 4.78 is 0. The first-order chi connectivity index (χ1) is 9.52. The molecule has 1 N–H and O–H groups in total. The molecule has 0 aliphatic carbocycles. The third-order valence-electron chi connectivity index (χ3n) is 3.33. The highest BCUT2D eigenvalue weighted by Crippen LogP contribution is 2.14. The zero-order valence-corrected chi connectivity index (χ0v) is 15.1. The lowest BCUT2D eigenvalue weighted by molar-refractivity contribution is 0.242. The van der Waals surface area contributed by atoms with Gasteiger partial charge in [-0.15, -0.1) is 11.3 Å². The van der Waals surface area contributed by atoms with Crippen molar-refractivity contribution in [1.29, 1.82) is 0 Å². The minimum atomic E-state index is 0.617. The molecular weight excluding hydrogens is 286 g/mol. The van der Waals surface area contributed by atoms with Gasteiger partial charge >= 0.3 is 0 Å². The first-order valence-corrected chi connectivity index (χ1v) is 9.63. The highest BCUT2D eigenvalue weighted by Gasteiger charge is 2.11. The van der Waals surface area contributed by atoms with E-state index in [4.69, 9.17) is 4.98 Å². The molecule has 0 aromatic carbocycles. The van der Waals surface area contributed by atoms with Gasteiger partial charge < -0.3 is 5.32 Å². The van der Waals surface area contributed by atoms with Crippen molar-refractivity contribution in [2.75, 3.05) is 25.6 Å². The average Bonchev–Trinajstić information content (AvgIpc) is 2.83. The van der Waals surface area contributed by atoms with Crippen LogP contribution in [0.2, 0.25) is 0 Å². The second kappa shape index (κ2) is 9.77. The molecule has 1 rings (SSSR count). The van der Waals surface area contributed by atoms with Gasteiger partial charge in [-0.25, -0.2) is 4.98 Å². The Hall–Kier alpha value is -0.100. The minimum Gasteiger partial charge on any atom is -0.310 e. The molecule has 1 heterocycles. The number of rotatable bonds is 10. The summed E-state index contributed by atoms with van der Waals surface area (Å²) in [5.41, 5.74) is 1.20. The maximum Gasteiger partial charge on any atom is 0.107 e. The van der Waals surface area contributed by atoms with E-state index in [0.29, 0.717) is 12.0 Å². The quantitative estimate of drug-likeness (QED) is 0.716. The van der Waals surface area contributed by atoms with Crippen LogP contribution in [-0.2, 0) is 13.1 Å². The van der Waals surface area contributed by atoms with Gasteiger partial charge in [0.15, 0.2) is 0 Å². The summed E-state index contributed by atoms with van der Waals surface area (Å²) in [6.07, 6.45) is 3.41. The van der Waals surface area contributed by atoms with E-state index in [1.54, 1.807) is 11.3 Å². The molecule has 0 fully saturated rings. The van der Waals surface area contributed by atoms with E-state index in [1.807, 2.05) is 11.8 Å². The summed E-state index contributed by atoms with van der Waals surface area (Å²) in [4.78, 5) is 7.12. The number of aromatic nitrogens is 1. The molecule has 1 aromatic rings. The first kappa shape index (κ1) is 18.0. The molecule has 0 aliphatic rings. The lowest BCUT2D eigenvalue weighted by Gasteiger charge is -2.23. The Morgan fingerprint density at radius 2 is 2.15 bits per heavy atom. The predicted octanol–water partition coefficient (Wildman–Crippen LogP) is 3.46. The van der Waals surface area contributed by atoms with Crippen molar-refractivity contribution in [1.82, 2.24) is 15.2 Å². The van der Waals surface area contributed by atoms with Crippen LogP contribution in [0.1, 0.15) is 37.9 Å². The molecule has 0 bridgehead atoms. The molecule has 1 unspecified atom stereocenters. The van der Waals surface area contributed by atoms with E-state index < -0.39 is 0 Å². The molecule has 3 nitrogen and oxygen atoms in total. The minimum absolute atomic E-state index is 0.617. The number of nitrogens with one attached hydrogen (secondary N) is 1. The fraction of sp³-hybridized carbons (Fsp3) is 0.800. The molecule has 0 radical (unpaired) electrons. The monoisotopic (exact) mass is 315 g/mol. The maximum absolute atomic E-state index is 4.72. The smallest absolute Gasteiger partial charge is 0.107 e. The van der Waals surface area contributed by atoms with Crippen LogP contribution >= 0.6 is 23.1 Å². The lowest BCUT2D eigenvalue weighted by Crippen LogP contribution is -2.29. The van der Waals surface area contributed by atoms with Crippen molar-refractivity contribution < 1.29 is 0 Å². The standard InChI is InChI=1S/C15H29N3S2/c1-12(2)8-16-9-15-17-14(11-20-15)10-18(4)13(3)6-7-19-5/h11-13,16H,6-10H2,1-5H3. The van der Waals surface area contributed by atoms with Crippen molar-refractivity contribution in [2.24, 2.45) is 5.92 Å². The zero-order valence-electron chi connectivity index (χ0n) is 13.5. The SMILES string of the molecule is CSCCC(C)N(C)Cc1csc(CNCC(C)C)n1. The van der Waals surface area contributed by atoms with Gasteiger partial charge in [-0.1, -0.05) is 13.8 Å². The van der Waals surface area contributed by atoms with E-state index in [0.717, 1.165) is 19.6 Å². The van der Waals surface area contributed by atoms with E-state index >= 15 is 0 Å². The molecule has 0 saturated heterocycles. The van der Waals surface area contributed by atoms with Gasteiger partial charge in [0.05, 0.1) is 5.69 Å². The van der Waals surface area contributed by atoms with Gasteiger partial charge in [0.25, 0.3) is 0 Å². The molecule has 0 saturated carbocycles. The Morgan fingerprint density at radius 3 is 2.80 bits per heavy atom.